The molecule has 9 heteroatoms. The summed E-state index contributed by atoms with van der Waals surface area (Å²) in [5.41, 5.74) is 3.70. The summed E-state index contributed by atoms with van der Waals surface area (Å²) in [4.78, 5) is 14.0. The number of amides is 1. The minimum absolute atomic E-state index is 0.00942. The number of aryl methyl sites for hydroxylation is 1. The van der Waals surface area contributed by atoms with E-state index in [9.17, 15) is 13.8 Å². The highest BCUT2D eigenvalue weighted by molar-refractivity contribution is 7.80. The summed E-state index contributed by atoms with van der Waals surface area (Å²) in [5, 5.41) is 5.92. The van der Waals surface area contributed by atoms with Crippen molar-refractivity contribution in [1.29, 1.82) is 0 Å². The van der Waals surface area contributed by atoms with Crippen LogP contribution < -0.4 is 10.6 Å². The number of benzene rings is 2. The average molecular weight is 603 g/mol. The Morgan fingerprint density at radius 3 is 2.44 bits per heavy atom. The van der Waals surface area contributed by atoms with Crippen LogP contribution in [0, 0.1) is 17.2 Å². The maximum absolute atomic E-state index is 14.2. The molecular weight excluding hydrogens is 558 g/mol. The lowest BCUT2D eigenvalue weighted by molar-refractivity contribution is -0.137. The molecule has 2 N–H and O–H groups in total. The predicted molar refractivity (Wildman–Crippen MR) is 166 cm³/mol. The van der Waals surface area contributed by atoms with Crippen molar-refractivity contribution in [3.63, 3.8) is 0 Å². The van der Waals surface area contributed by atoms with E-state index in [0.29, 0.717) is 11.5 Å². The Morgan fingerprint density at radius 2 is 1.80 bits per heavy atom. The number of rotatable bonds is 9. The van der Waals surface area contributed by atoms with Crippen LogP contribution in [0.1, 0.15) is 101 Å². The number of nitrogens with one attached hydrogen (secondary N) is 2. The smallest absolute Gasteiger partial charge is 0.345 e. The number of fused-ring (bicyclic) bond motifs is 3. The highest BCUT2D eigenvalue weighted by atomic mass is 32.1. The molecule has 4 atom stereocenters. The van der Waals surface area contributed by atoms with E-state index in [1.807, 2.05) is 0 Å². The van der Waals surface area contributed by atoms with Crippen LogP contribution in [0.15, 0.2) is 42.5 Å². The summed E-state index contributed by atoms with van der Waals surface area (Å²) in [6, 6.07) is 12.6. The van der Waals surface area contributed by atoms with Gasteiger partial charge in [-0.3, -0.25) is 9.36 Å². The van der Waals surface area contributed by atoms with Gasteiger partial charge in [-0.2, -0.15) is 0 Å². The Morgan fingerprint density at radius 1 is 1.10 bits per heavy atom. The summed E-state index contributed by atoms with van der Waals surface area (Å²) in [5.74, 6) is -1.13. The predicted octanol–water partition coefficient (Wildman–Crippen LogP) is 7.92. The van der Waals surface area contributed by atoms with E-state index in [0.717, 1.165) is 32.1 Å². The Labute approximate surface area is 249 Å². The number of thiocarbonyl (C=S) groups is 1. The van der Waals surface area contributed by atoms with Crippen LogP contribution in [0.5, 0.6) is 0 Å². The summed E-state index contributed by atoms with van der Waals surface area (Å²) in [6.45, 7) is 12.5. The lowest BCUT2D eigenvalue weighted by Gasteiger charge is -2.54. The Hall–Kier alpha value is -2.12. The average Bonchev–Trinajstić information content (AvgIpc) is 2.91. The fourth-order valence-electron chi connectivity index (χ4n) is 7.12. The minimum Gasteiger partial charge on any atom is -0.345 e. The van der Waals surface area contributed by atoms with Crippen molar-refractivity contribution in [2.75, 3.05) is 13.2 Å². The SMILES string of the molecule is CCOP(=O)(OCC)C(NC(=S)NC(=O)[C@]1(C)CCC[C@]2(C)c3ccc(C(C)C)cc3CC[C@@H]12)c1cccc(F)c1. The van der Waals surface area contributed by atoms with Crippen LogP contribution in [0.25, 0.3) is 0 Å². The van der Waals surface area contributed by atoms with E-state index in [4.69, 9.17) is 21.3 Å². The number of carbonyl (C=O) groups excluding carboxylic acids is 1. The molecule has 1 unspecified atom stereocenters. The van der Waals surface area contributed by atoms with Crippen LogP contribution in [-0.2, 0) is 30.2 Å². The van der Waals surface area contributed by atoms with E-state index in [-0.39, 0.29) is 35.6 Å². The molecule has 0 saturated heterocycles. The van der Waals surface area contributed by atoms with E-state index in [1.165, 1.54) is 34.9 Å². The van der Waals surface area contributed by atoms with Gasteiger partial charge in [-0.25, -0.2) is 4.39 Å². The molecule has 4 rings (SSSR count). The number of halogens is 1. The molecule has 1 fully saturated rings. The zero-order chi connectivity index (χ0) is 30.0. The normalized spacial score (nSPS) is 24.7. The molecule has 0 aromatic heterocycles. The monoisotopic (exact) mass is 602 g/mol. The quantitative estimate of drug-likeness (QED) is 0.224. The van der Waals surface area contributed by atoms with Crippen molar-refractivity contribution in [2.24, 2.45) is 11.3 Å². The van der Waals surface area contributed by atoms with Crippen LogP contribution >= 0.6 is 19.8 Å². The molecule has 0 radical (unpaired) electrons. The molecule has 1 amide bonds. The molecule has 224 valence electrons. The lowest BCUT2D eigenvalue weighted by atomic mass is 9.49. The Bertz CT molecular complexity index is 1330. The van der Waals surface area contributed by atoms with Crippen molar-refractivity contribution >= 4 is 30.8 Å². The standard InChI is InChI=1S/C32H44FN2O4PS/c1-7-38-40(37,39-8-2)28(24-11-9-12-25(33)20-24)34-30(41)35-29(36)32(6)18-10-17-31(5)26-15-13-22(21(3)4)19-23(26)14-16-27(31)32/h9,11-13,15,19-21,27-28H,7-8,10,14,16-18H2,1-6H3,(H2,34,35,36,41)/t27-,28?,31-,32-/m1/s1. The van der Waals surface area contributed by atoms with Crippen LogP contribution in [0.2, 0.25) is 0 Å². The van der Waals surface area contributed by atoms with Gasteiger partial charge in [0.2, 0.25) is 5.91 Å². The molecule has 2 aliphatic rings. The molecular formula is C32H44FN2O4PS. The second-order valence-corrected chi connectivity index (χ2v) is 14.6. The highest BCUT2D eigenvalue weighted by Gasteiger charge is 2.55. The molecule has 0 bridgehead atoms. The van der Waals surface area contributed by atoms with Crippen LogP contribution in [0.4, 0.5) is 4.39 Å². The third-order valence-corrected chi connectivity index (χ3v) is 11.7. The number of carbonyl (C=O) groups is 1. The van der Waals surface area contributed by atoms with Gasteiger partial charge in [-0.1, -0.05) is 64.4 Å². The summed E-state index contributed by atoms with van der Waals surface area (Å²) < 4.78 is 39.2. The number of hydrogen-bond acceptors (Lipinski definition) is 5. The van der Waals surface area contributed by atoms with Gasteiger partial charge in [0.25, 0.3) is 0 Å². The first kappa shape index (κ1) is 31.8. The van der Waals surface area contributed by atoms with Crippen LogP contribution in [-0.4, -0.2) is 24.2 Å². The maximum Gasteiger partial charge on any atom is 0.357 e. The molecule has 0 spiro atoms. The van der Waals surface area contributed by atoms with Gasteiger partial charge >= 0.3 is 7.60 Å². The molecule has 1 saturated carbocycles. The van der Waals surface area contributed by atoms with Gasteiger partial charge in [-0.05, 0) is 103 Å². The summed E-state index contributed by atoms with van der Waals surface area (Å²) >= 11 is 5.60. The first-order valence-electron chi connectivity index (χ1n) is 14.8. The molecule has 2 aromatic rings. The number of hydrogen-bond donors (Lipinski definition) is 2. The third-order valence-electron chi connectivity index (χ3n) is 9.16. The van der Waals surface area contributed by atoms with Crippen LogP contribution in [0.3, 0.4) is 0 Å². The second-order valence-electron chi connectivity index (χ2n) is 12.1. The first-order chi connectivity index (χ1) is 19.4. The minimum atomic E-state index is -3.82. The summed E-state index contributed by atoms with van der Waals surface area (Å²) in [6.07, 6.45) is 4.58. The van der Waals surface area contributed by atoms with E-state index in [2.05, 4.69) is 56.5 Å². The van der Waals surface area contributed by atoms with Crippen molar-refractivity contribution < 1.29 is 22.8 Å². The van der Waals surface area contributed by atoms with Crippen molar-refractivity contribution in [3.8, 4) is 0 Å². The second kappa shape index (κ2) is 12.6. The molecule has 0 aliphatic heterocycles. The Kier molecular flexibility index (Phi) is 9.80. The Balaban J connectivity index is 1.58. The third kappa shape index (κ3) is 6.31. The van der Waals surface area contributed by atoms with Gasteiger partial charge in [-0.15, -0.1) is 0 Å². The van der Waals surface area contributed by atoms with Gasteiger partial charge in [0.1, 0.15) is 5.82 Å². The zero-order valence-electron chi connectivity index (χ0n) is 25.1. The molecule has 2 aromatic carbocycles. The van der Waals surface area contributed by atoms with E-state index < -0.39 is 24.6 Å². The largest absolute Gasteiger partial charge is 0.357 e. The van der Waals surface area contributed by atoms with Crippen molar-refractivity contribution in [2.45, 2.75) is 90.8 Å². The molecule has 0 heterocycles. The van der Waals surface area contributed by atoms with E-state index in [1.54, 1.807) is 19.9 Å². The topological polar surface area (TPSA) is 76.7 Å². The van der Waals surface area contributed by atoms with Gasteiger partial charge < -0.3 is 19.7 Å². The van der Waals surface area contributed by atoms with Gasteiger partial charge in [0.05, 0.1) is 18.6 Å². The fourth-order valence-corrected chi connectivity index (χ4v) is 9.32. The molecule has 6 nitrogen and oxygen atoms in total. The molecule has 2 aliphatic carbocycles. The van der Waals surface area contributed by atoms with Gasteiger partial charge in [0.15, 0.2) is 10.9 Å². The zero-order valence-corrected chi connectivity index (χ0v) is 26.8. The maximum atomic E-state index is 14.2. The van der Waals surface area contributed by atoms with Crippen molar-refractivity contribution in [1.82, 2.24) is 10.6 Å². The fraction of sp³-hybridized carbons (Fsp3) is 0.562. The van der Waals surface area contributed by atoms with Gasteiger partial charge in [0, 0.05) is 0 Å². The first-order valence-corrected chi connectivity index (χ1v) is 16.8. The highest BCUT2D eigenvalue weighted by Crippen LogP contribution is 2.60. The lowest BCUT2D eigenvalue weighted by Crippen LogP contribution is -2.57. The van der Waals surface area contributed by atoms with E-state index >= 15 is 0 Å². The van der Waals surface area contributed by atoms with Crippen molar-refractivity contribution in [3.05, 3.63) is 70.5 Å². The summed E-state index contributed by atoms with van der Waals surface area (Å²) in [7, 11) is -3.82. The molecule has 41 heavy (non-hydrogen) atoms.